The van der Waals surface area contributed by atoms with Gasteiger partial charge in [-0.05, 0) is 18.9 Å². The van der Waals surface area contributed by atoms with E-state index in [0.717, 1.165) is 5.57 Å². The average molecular weight is 198 g/mol. The van der Waals surface area contributed by atoms with Gasteiger partial charge in [-0.2, -0.15) is 0 Å². The molecule has 0 aliphatic carbocycles. The molecule has 4 heteroatoms. The Labute approximate surface area is 82.9 Å². The van der Waals surface area contributed by atoms with Gasteiger partial charge in [-0.3, -0.25) is 9.59 Å². The molecule has 0 aromatic carbocycles. The highest BCUT2D eigenvalue weighted by Crippen LogP contribution is 2.22. The van der Waals surface area contributed by atoms with E-state index in [9.17, 15) is 9.59 Å². The lowest BCUT2D eigenvalue weighted by atomic mass is 9.95. The van der Waals surface area contributed by atoms with Crippen LogP contribution in [-0.2, 0) is 19.1 Å². The average Bonchev–Trinajstić information content (AvgIpc) is 2.12. The Bertz CT molecular complexity index is 257. The second-order valence-electron chi connectivity index (χ2n) is 3.27. The first-order chi connectivity index (χ1) is 6.63. The molecule has 0 spiro atoms. The van der Waals surface area contributed by atoms with Gasteiger partial charge in [0.25, 0.3) is 0 Å². The van der Waals surface area contributed by atoms with Crippen LogP contribution in [0.5, 0.6) is 0 Å². The summed E-state index contributed by atoms with van der Waals surface area (Å²) in [4.78, 5) is 22.3. The highest BCUT2D eigenvalue weighted by molar-refractivity contribution is 5.81. The summed E-state index contributed by atoms with van der Waals surface area (Å²) >= 11 is 0. The summed E-state index contributed by atoms with van der Waals surface area (Å²) in [5.74, 6) is -1.09. The topological polar surface area (TPSA) is 52.6 Å². The number of ether oxygens (including phenoxy) is 2. The van der Waals surface area contributed by atoms with Crippen LogP contribution in [0.25, 0.3) is 0 Å². The van der Waals surface area contributed by atoms with Gasteiger partial charge in [0.2, 0.25) is 0 Å². The highest BCUT2D eigenvalue weighted by Gasteiger charge is 2.28. The smallest absolute Gasteiger partial charge is 0.310 e. The standard InChI is InChI=1S/C10H14O4/c1-3-13-9(11)5-8-4-7(2)6-14-10(8)12/h8H,2-6H2,1H3. The molecule has 4 nitrogen and oxygen atoms in total. The molecule has 0 saturated carbocycles. The molecule has 1 saturated heterocycles. The number of rotatable bonds is 3. The Balaban J connectivity index is 2.45. The summed E-state index contributed by atoms with van der Waals surface area (Å²) < 4.78 is 9.59. The van der Waals surface area contributed by atoms with Gasteiger partial charge in [0.05, 0.1) is 18.9 Å². The molecule has 1 unspecified atom stereocenters. The molecule has 1 aliphatic heterocycles. The lowest BCUT2D eigenvalue weighted by Gasteiger charge is -2.21. The van der Waals surface area contributed by atoms with E-state index in [1.165, 1.54) is 0 Å². The van der Waals surface area contributed by atoms with Crippen LogP contribution in [0.15, 0.2) is 12.2 Å². The maximum Gasteiger partial charge on any atom is 0.310 e. The Morgan fingerprint density at radius 1 is 1.71 bits per heavy atom. The molecular weight excluding hydrogens is 184 g/mol. The minimum absolute atomic E-state index is 0.0890. The minimum atomic E-state index is -0.407. The predicted octanol–water partition coefficient (Wildman–Crippen LogP) is 1.06. The van der Waals surface area contributed by atoms with Crippen LogP contribution in [0.3, 0.4) is 0 Å². The van der Waals surface area contributed by atoms with Crippen molar-refractivity contribution in [1.29, 1.82) is 0 Å². The van der Waals surface area contributed by atoms with Gasteiger partial charge in [0.1, 0.15) is 6.61 Å². The molecule has 0 aromatic heterocycles. The van der Waals surface area contributed by atoms with E-state index >= 15 is 0 Å². The van der Waals surface area contributed by atoms with Crippen molar-refractivity contribution in [2.45, 2.75) is 19.8 Å². The second-order valence-corrected chi connectivity index (χ2v) is 3.27. The molecule has 0 N–H and O–H groups in total. The van der Waals surface area contributed by atoms with E-state index in [0.29, 0.717) is 13.0 Å². The summed E-state index contributed by atoms with van der Waals surface area (Å²) in [5, 5.41) is 0. The van der Waals surface area contributed by atoms with Crippen LogP contribution < -0.4 is 0 Å². The Morgan fingerprint density at radius 2 is 2.43 bits per heavy atom. The molecule has 0 amide bonds. The van der Waals surface area contributed by atoms with Crippen molar-refractivity contribution < 1.29 is 19.1 Å². The van der Waals surface area contributed by atoms with E-state index in [2.05, 4.69) is 6.58 Å². The summed E-state index contributed by atoms with van der Waals surface area (Å²) in [7, 11) is 0. The molecule has 1 aliphatic rings. The van der Waals surface area contributed by atoms with E-state index in [1.54, 1.807) is 6.92 Å². The summed E-state index contributed by atoms with van der Waals surface area (Å²) in [6.07, 6.45) is 0.614. The lowest BCUT2D eigenvalue weighted by molar-refractivity contribution is -0.156. The highest BCUT2D eigenvalue weighted by atomic mass is 16.5. The number of esters is 2. The third-order valence-electron chi connectivity index (χ3n) is 2.01. The Kier molecular flexibility index (Phi) is 3.68. The predicted molar refractivity (Wildman–Crippen MR) is 49.5 cm³/mol. The zero-order valence-electron chi connectivity index (χ0n) is 8.25. The minimum Gasteiger partial charge on any atom is -0.466 e. The van der Waals surface area contributed by atoms with Gasteiger partial charge in [-0.25, -0.2) is 0 Å². The van der Waals surface area contributed by atoms with Crippen LogP contribution in [0, 0.1) is 5.92 Å². The molecule has 0 bridgehead atoms. The van der Waals surface area contributed by atoms with Crippen molar-refractivity contribution in [2.75, 3.05) is 13.2 Å². The molecule has 1 fully saturated rings. The maximum atomic E-state index is 11.2. The van der Waals surface area contributed by atoms with Crippen molar-refractivity contribution in [3.63, 3.8) is 0 Å². The van der Waals surface area contributed by atoms with Crippen molar-refractivity contribution >= 4 is 11.9 Å². The summed E-state index contributed by atoms with van der Waals surface area (Å²) in [6.45, 7) is 6.07. The van der Waals surface area contributed by atoms with Crippen molar-refractivity contribution in [2.24, 2.45) is 5.92 Å². The Hall–Kier alpha value is -1.32. The molecule has 1 atom stereocenters. The number of hydrogen-bond acceptors (Lipinski definition) is 4. The first kappa shape index (κ1) is 10.8. The number of carbonyl (C=O) groups excluding carboxylic acids is 2. The molecule has 1 heterocycles. The van der Waals surface area contributed by atoms with Gasteiger partial charge in [-0.1, -0.05) is 6.58 Å². The summed E-state index contributed by atoms with van der Waals surface area (Å²) in [6, 6.07) is 0. The maximum absolute atomic E-state index is 11.2. The van der Waals surface area contributed by atoms with Gasteiger partial charge < -0.3 is 9.47 Å². The van der Waals surface area contributed by atoms with Gasteiger partial charge >= 0.3 is 11.9 Å². The van der Waals surface area contributed by atoms with E-state index < -0.39 is 5.92 Å². The van der Waals surface area contributed by atoms with Crippen LogP contribution in [0.4, 0.5) is 0 Å². The number of cyclic esters (lactones) is 1. The Morgan fingerprint density at radius 3 is 3.07 bits per heavy atom. The van der Waals surface area contributed by atoms with E-state index in [1.807, 2.05) is 0 Å². The molecular formula is C10H14O4. The van der Waals surface area contributed by atoms with E-state index in [4.69, 9.17) is 9.47 Å². The molecule has 1 rings (SSSR count). The lowest BCUT2D eigenvalue weighted by Crippen LogP contribution is -2.28. The van der Waals surface area contributed by atoms with Crippen LogP contribution in [0.1, 0.15) is 19.8 Å². The van der Waals surface area contributed by atoms with Gasteiger partial charge in [-0.15, -0.1) is 0 Å². The zero-order valence-corrected chi connectivity index (χ0v) is 8.25. The van der Waals surface area contributed by atoms with Crippen LogP contribution >= 0.6 is 0 Å². The van der Waals surface area contributed by atoms with Crippen LogP contribution in [0.2, 0.25) is 0 Å². The molecule has 14 heavy (non-hydrogen) atoms. The third-order valence-corrected chi connectivity index (χ3v) is 2.01. The first-order valence-electron chi connectivity index (χ1n) is 4.62. The fourth-order valence-corrected chi connectivity index (χ4v) is 1.36. The normalized spacial score (nSPS) is 21.6. The number of hydrogen-bond donors (Lipinski definition) is 0. The SMILES string of the molecule is C=C1COC(=O)C(CC(=O)OCC)C1. The fraction of sp³-hybridized carbons (Fsp3) is 0.600. The van der Waals surface area contributed by atoms with Crippen LogP contribution in [-0.4, -0.2) is 25.2 Å². The third kappa shape index (κ3) is 2.87. The van der Waals surface area contributed by atoms with E-state index in [-0.39, 0.29) is 25.0 Å². The van der Waals surface area contributed by atoms with Gasteiger partial charge in [0.15, 0.2) is 0 Å². The largest absolute Gasteiger partial charge is 0.466 e. The summed E-state index contributed by atoms with van der Waals surface area (Å²) in [5.41, 5.74) is 0.846. The van der Waals surface area contributed by atoms with Crippen molar-refractivity contribution in [1.82, 2.24) is 0 Å². The molecule has 0 radical (unpaired) electrons. The zero-order chi connectivity index (χ0) is 10.6. The quantitative estimate of drug-likeness (QED) is 0.502. The van der Waals surface area contributed by atoms with Crippen molar-refractivity contribution in [3.8, 4) is 0 Å². The monoisotopic (exact) mass is 198 g/mol. The first-order valence-corrected chi connectivity index (χ1v) is 4.62. The van der Waals surface area contributed by atoms with Crippen molar-refractivity contribution in [3.05, 3.63) is 12.2 Å². The fourth-order valence-electron chi connectivity index (χ4n) is 1.36. The number of carbonyl (C=O) groups is 2. The molecule has 78 valence electrons. The second kappa shape index (κ2) is 4.79. The molecule has 0 aromatic rings. The van der Waals surface area contributed by atoms with Gasteiger partial charge in [0, 0.05) is 0 Å².